The molecule has 2 aliphatic heterocycles. The molecule has 0 saturated heterocycles. The summed E-state index contributed by atoms with van der Waals surface area (Å²) in [6, 6.07) is 54.1. The molecule has 2 aliphatic carbocycles. The molecule has 0 spiro atoms. The van der Waals surface area contributed by atoms with Crippen LogP contribution in [-0.4, -0.2) is 11.4 Å². The van der Waals surface area contributed by atoms with Crippen molar-refractivity contribution in [2.24, 2.45) is 0 Å². The summed E-state index contributed by atoms with van der Waals surface area (Å²) in [6.45, 7) is 23.5. The summed E-state index contributed by atoms with van der Waals surface area (Å²) in [7, 11) is 0. The third-order valence-corrected chi connectivity index (χ3v) is 16.5. The zero-order valence-electron chi connectivity index (χ0n) is 39.7. The van der Waals surface area contributed by atoms with E-state index in [4.69, 9.17) is 4.42 Å². The Morgan fingerprint density at radius 2 is 1.11 bits per heavy atom. The molecule has 0 unspecified atom stereocenters. The molecule has 4 heteroatoms. The molecule has 320 valence electrons. The van der Waals surface area contributed by atoms with Gasteiger partial charge in [0.25, 0.3) is 0 Å². The highest BCUT2D eigenvalue weighted by atomic mass is 16.3. The van der Waals surface area contributed by atoms with Gasteiger partial charge in [-0.25, -0.2) is 0 Å². The van der Waals surface area contributed by atoms with Gasteiger partial charge >= 0.3 is 6.85 Å². The fourth-order valence-corrected chi connectivity index (χ4v) is 13.0. The molecule has 10 aromatic rings. The van der Waals surface area contributed by atoms with Gasteiger partial charge in [-0.1, -0.05) is 160 Å². The second-order valence-corrected chi connectivity index (χ2v) is 22.9. The summed E-state index contributed by atoms with van der Waals surface area (Å²) >= 11 is 0. The van der Waals surface area contributed by atoms with Gasteiger partial charge in [0.1, 0.15) is 11.2 Å². The number of furan rings is 1. The quantitative estimate of drug-likeness (QED) is 0.153. The lowest BCUT2D eigenvalue weighted by molar-refractivity contribution is 0.590. The van der Waals surface area contributed by atoms with E-state index in [1.54, 1.807) is 0 Å². The highest BCUT2D eigenvalue weighted by Crippen LogP contribution is 2.57. The highest BCUT2D eigenvalue weighted by molar-refractivity contribution is 6.94. The van der Waals surface area contributed by atoms with Crippen molar-refractivity contribution in [3.8, 4) is 39.1 Å². The Bertz CT molecular complexity index is 3840. The van der Waals surface area contributed by atoms with Crippen molar-refractivity contribution < 1.29 is 4.42 Å². The molecule has 4 aliphatic rings. The second-order valence-electron chi connectivity index (χ2n) is 22.9. The molecule has 0 bridgehead atoms. The van der Waals surface area contributed by atoms with Crippen molar-refractivity contribution in [3.05, 3.63) is 173 Å². The number of hydrogen-bond acceptors (Lipinski definition) is 2. The van der Waals surface area contributed by atoms with E-state index in [0.717, 1.165) is 11.2 Å². The molecule has 0 atom stereocenters. The van der Waals surface area contributed by atoms with Crippen LogP contribution in [0.25, 0.3) is 82.8 Å². The predicted molar refractivity (Wildman–Crippen MR) is 280 cm³/mol. The lowest BCUT2D eigenvalue weighted by atomic mass is 9.43. The van der Waals surface area contributed by atoms with Gasteiger partial charge in [0.2, 0.25) is 0 Å². The third-order valence-electron chi connectivity index (χ3n) is 16.5. The SMILES string of the molecule is CC(C)(C)c1ccc(N2B3c4cc5c(cc4-n4c6ccc(C(C)(C)C)cc6c6c7oc8ccccc8c7c(c3c64)-c3cc4c(cc32)C(C)(C)c2ccccc2-4)-c2ccccc2C5(C)C)cc1. The lowest BCUT2D eigenvalue weighted by Gasteiger charge is -2.43. The summed E-state index contributed by atoms with van der Waals surface area (Å²) in [5, 5.41) is 4.83. The number of nitrogens with zero attached hydrogens (tertiary/aromatic N) is 2. The Labute approximate surface area is 387 Å². The van der Waals surface area contributed by atoms with Crippen molar-refractivity contribution in [1.82, 2.24) is 4.57 Å². The summed E-state index contributed by atoms with van der Waals surface area (Å²) < 4.78 is 9.94. The molecule has 0 N–H and O–H groups in total. The van der Waals surface area contributed by atoms with Crippen LogP contribution in [0.2, 0.25) is 0 Å². The van der Waals surface area contributed by atoms with E-state index in [-0.39, 0.29) is 28.5 Å². The van der Waals surface area contributed by atoms with Crippen LogP contribution in [0, 0.1) is 0 Å². The Morgan fingerprint density at radius 1 is 0.500 bits per heavy atom. The van der Waals surface area contributed by atoms with Crippen LogP contribution in [0.15, 0.2) is 144 Å². The summed E-state index contributed by atoms with van der Waals surface area (Å²) in [5.74, 6) is 0. The van der Waals surface area contributed by atoms with Crippen LogP contribution in [0.4, 0.5) is 11.4 Å². The Balaban J connectivity index is 1.23. The highest BCUT2D eigenvalue weighted by Gasteiger charge is 2.49. The molecule has 3 nitrogen and oxygen atoms in total. The Morgan fingerprint density at radius 3 is 1.79 bits per heavy atom. The molecule has 0 radical (unpaired) electrons. The van der Waals surface area contributed by atoms with Gasteiger partial charge in [-0.3, -0.25) is 0 Å². The largest absolute Gasteiger partial charge is 0.455 e. The normalized spacial score (nSPS) is 15.9. The molecule has 14 rings (SSSR count). The molecule has 66 heavy (non-hydrogen) atoms. The lowest BCUT2D eigenvalue weighted by Crippen LogP contribution is -2.60. The fraction of sp³-hybridized carbons (Fsp3) is 0.226. The molecule has 0 fully saturated rings. The van der Waals surface area contributed by atoms with E-state index in [1.807, 2.05) is 0 Å². The van der Waals surface area contributed by atoms with Gasteiger partial charge in [-0.2, -0.15) is 0 Å². The first-order valence-corrected chi connectivity index (χ1v) is 24.0. The van der Waals surface area contributed by atoms with E-state index >= 15 is 0 Å². The minimum atomic E-state index is -0.178. The van der Waals surface area contributed by atoms with Crippen molar-refractivity contribution in [2.75, 3.05) is 4.81 Å². The third kappa shape index (κ3) is 4.65. The number of rotatable bonds is 1. The number of para-hydroxylation sites is 1. The smallest absolute Gasteiger partial charge is 0.333 e. The molecule has 8 aromatic carbocycles. The van der Waals surface area contributed by atoms with Gasteiger partial charge in [0, 0.05) is 49.6 Å². The minimum Gasteiger partial charge on any atom is -0.455 e. The van der Waals surface area contributed by atoms with Gasteiger partial charge in [-0.15, -0.1) is 0 Å². The van der Waals surface area contributed by atoms with Gasteiger partial charge < -0.3 is 13.8 Å². The fourth-order valence-electron chi connectivity index (χ4n) is 13.0. The predicted octanol–water partition coefficient (Wildman–Crippen LogP) is 15.1. The first kappa shape index (κ1) is 38.5. The number of benzene rings is 8. The number of aromatic nitrogens is 1. The van der Waals surface area contributed by atoms with Crippen LogP contribution in [0.3, 0.4) is 0 Å². The molecular weight excluding hydrogens is 800 g/mol. The van der Waals surface area contributed by atoms with Crippen LogP contribution in [0.1, 0.15) is 103 Å². The monoisotopic (exact) mass is 852 g/mol. The standard InChI is InChI=1S/C62H53BN2O/c1-59(2,3)34-23-26-36(27-24-34)65-50-33-47-40(37-17-11-14-20-44(37)62(47,9)10)30-43(50)53-54-39-19-13-16-22-52(39)66-58(54)55-42-29-35(60(4,5)6)25-28-49(42)64-51-31-41-38-18-12-15-21-45(38)61(7,8)46(41)32-48(51)63(65)56(53)57(55)64/h11-33H,1-10H3. The van der Waals surface area contributed by atoms with Crippen LogP contribution in [0.5, 0.6) is 0 Å². The summed E-state index contributed by atoms with van der Waals surface area (Å²) in [4.78, 5) is 2.74. The van der Waals surface area contributed by atoms with Crippen molar-refractivity contribution in [3.63, 3.8) is 0 Å². The molecule has 0 amide bonds. The Kier molecular flexibility index (Phi) is 7.09. The molecule has 2 aromatic heterocycles. The second kappa shape index (κ2) is 12.2. The minimum absolute atomic E-state index is 0.0209. The van der Waals surface area contributed by atoms with Crippen LogP contribution in [-0.2, 0) is 21.7 Å². The van der Waals surface area contributed by atoms with Gasteiger partial charge in [0.15, 0.2) is 0 Å². The Hall–Kier alpha value is -6.78. The average molecular weight is 853 g/mol. The maximum atomic E-state index is 7.30. The summed E-state index contributed by atoms with van der Waals surface area (Å²) in [5.41, 5.74) is 26.5. The maximum Gasteiger partial charge on any atom is 0.333 e. The number of fused-ring (bicyclic) bond motifs is 19. The van der Waals surface area contributed by atoms with Gasteiger partial charge in [-0.05, 0) is 131 Å². The number of hydrogen-bond donors (Lipinski definition) is 0. The van der Waals surface area contributed by atoms with E-state index in [1.165, 1.54) is 127 Å². The zero-order valence-corrected chi connectivity index (χ0v) is 39.7. The van der Waals surface area contributed by atoms with E-state index < -0.39 is 0 Å². The summed E-state index contributed by atoms with van der Waals surface area (Å²) in [6.07, 6.45) is 0. The zero-order chi connectivity index (χ0) is 45.1. The van der Waals surface area contributed by atoms with Crippen molar-refractivity contribution in [2.45, 2.75) is 90.9 Å². The first-order valence-electron chi connectivity index (χ1n) is 24.0. The van der Waals surface area contributed by atoms with E-state index in [9.17, 15) is 0 Å². The van der Waals surface area contributed by atoms with E-state index in [2.05, 4.69) is 218 Å². The molecular formula is C62H53BN2O. The van der Waals surface area contributed by atoms with E-state index in [0.29, 0.717) is 0 Å². The number of anilines is 2. The maximum absolute atomic E-state index is 7.30. The van der Waals surface area contributed by atoms with Crippen LogP contribution >= 0.6 is 0 Å². The molecule has 4 heterocycles. The van der Waals surface area contributed by atoms with Crippen molar-refractivity contribution in [1.29, 1.82) is 0 Å². The van der Waals surface area contributed by atoms with Crippen LogP contribution < -0.4 is 15.7 Å². The first-order chi connectivity index (χ1) is 31.5. The topological polar surface area (TPSA) is 21.3 Å². The molecule has 0 saturated carbocycles. The average Bonchev–Trinajstić information content (AvgIpc) is 3.98. The van der Waals surface area contributed by atoms with Gasteiger partial charge in [0.05, 0.1) is 16.4 Å². The van der Waals surface area contributed by atoms with Crippen molar-refractivity contribution >= 4 is 72.9 Å².